The molecule has 1 aliphatic carbocycles. The maximum Gasteiger partial charge on any atom is 0.273 e. The Kier molecular flexibility index (Phi) is 3.93. The first-order valence-corrected chi connectivity index (χ1v) is 8.37. The minimum absolute atomic E-state index is 0.212. The molecule has 128 valence electrons. The fourth-order valence-electron chi connectivity index (χ4n) is 3.55. The fourth-order valence-corrected chi connectivity index (χ4v) is 3.55. The van der Waals surface area contributed by atoms with Crippen LogP contribution in [0.2, 0.25) is 0 Å². The topological polar surface area (TPSA) is 86.3 Å². The third-order valence-electron chi connectivity index (χ3n) is 4.74. The minimum Gasteiger partial charge on any atom is -0.359 e. The molecule has 2 N–H and O–H groups in total. The molecule has 4 rings (SSSR count). The van der Waals surface area contributed by atoms with Crippen LogP contribution in [0.15, 0.2) is 35.5 Å². The number of aromatic amines is 1. The molecule has 1 unspecified atom stereocenters. The summed E-state index contributed by atoms with van der Waals surface area (Å²) in [5, 5.41) is 4.14. The Balaban J connectivity index is 1.71. The zero-order chi connectivity index (χ0) is 17.4. The number of rotatable bonds is 3. The lowest BCUT2D eigenvalue weighted by Crippen LogP contribution is -2.23. The molecule has 3 heterocycles. The standard InChI is InChI=1S/C18H20N6O/c1-24(2)16-5-3-4-15-13(16)6-12(21-15)7-14-17(22-23-18(14)25)11-8-19-10-20-9-11/h6-10,16,21H,3-5H2,1-2H3,(H,23,25)/b14-7-. The van der Waals surface area contributed by atoms with E-state index >= 15 is 0 Å². The lowest BCUT2D eigenvalue weighted by Gasteiger charge is -2.28. The van der Waals surface area contributed by atoms with Crippen LogP contribution in [-0.4, -0.2) is 45.6 Å². The molecule has 2 aromatic rings. The van der Waals surface area contributed by atoms with Gasteiger partial charge in [-0.25, -0.2) is 15.4 Å². The van der Waals surface area contributed by atoms with Gasteiger partial charge in [-0.1, -0.05) is 0 Å². The van der Waals surface area contributed by atoms with Gasteiger partial charge in [0, 0.05) is 35.4 Å². The molecule has 2 aromatic heterocycles. The highest BCUT2D eigenvalue weighted by molar-refractivity contribution is 6.33. The normalized spacial score (nSPS) is 21.4. The van der Waals surface area contributed by atoms with Crippen LogP contribution in [0.1, 0.15) is 41.4 Å². The summed E-state index contributed by atoms with van der Waals surface area (Å²) < 4.78 is 0. The highest BCUT2D eigenvalue weighted by atomic mass is 16.2. The van der Waals surface area contributed by atoms with Gasteiger partial charge in [0.25, 0.3) is 5.91 Å². The summed E-state index contributed by atoms with van der Waals surface area (Å²) in [6.07, 6.45) is 9.99. The van der Waals surface area contributed by atoms with E-state index in [2.05, 4.69) is 50.5 Å². The third-order valence-corrected chi connectivity index (χ3v) is 4.74. The number of amides is 1. The van der Waals surface area contributed by atoms with Gasteiger partial charge in [0.1, 0.15) is 12.0 Å². The van der Waals surface area contributed by atoms with Crippen LogP contribution in [-0.2, 0) is 11.2 Å². The zero-order valence-corrected chi connectivity index (χ0v) is 14.3. The first-order chi connectivity index (χ1) is 12.1. The van der Waals surface area contributed by atoms with Crippen molar-refractivity contribution in [2.75, 3.05) is 14.1 Å². The van der Waals surface area contributed by atoms with Gasteiger partial charge >= 0.3 is 0 Å². The fraction of sp³-hybridized carbons (Fsp3) is 0.333. The third kappa shape index (κ3) is 2.87. The molecule has 0 bridgehead atoms. The molecule has 1 atom stereocenters. The Hall–Kier alpha value is -2.80. The average molecular weight is 336 g/mol. The van der Waals surface area contributed by atoms with Crippen molar-refractivity contribution < 1.29 is 4.79 Å². The summed E-state index contributed by atoms with van der Waals surface area (Å²) >= 11 is 0. The Morgan fingerprint density at radius 3 is 2.84 bits per heavy atom. The van der Waals surface area contributed by atoms with Crippen molar-refractivity contribution in [3.63, 3.8) is 0 Å². The molecule has 2 aliphatic rings. The second-order valence-corrected chi connectivity index (χ2v) is 6.62. The van der Waals surface area contributed by atoms with Gasteiger partial charge in [-0.2, -0.15) is 5.10 Å². The molecule has 0 spiro atoms. The first kappa shape index (κ1) is 15.7. The lowest BCUT2D eigenvalue weighted by atomic mass is 9.92. The van der Waals surface area contributed by atoms with E-state index in [-0.39, 0.29) is 5.91 Å². The number of carbonyl (C=O) groups is 1. The molecule has 0 saturated heterocycles. The number of hydrazone groups is 1. The zero-order valence-electron chi connectivity index (χ0n) is 14.3. The van der Waals surface area contributed by atoms with E-state index in [4.69, 9.17) is 0 Å². The van der Waals surface area contributed by atoms with Crippen LogP contribution in [0, 0.1) is 0 Å². The molecule has 7 heteroatoms. The van der Waals surface area contributed by atoms with E-state index in [0.29, 0.717) is 17.3 Å². The van der Waals surface area contributed by atoms with Gasteiger partial charge in [0.2, 0.25) is 0 Å². The molecule has 0 aromatic carbocycles. The highest BCUT2D eigenvalue weighted by Gasteiger charge is 2.27. The van der Waals surface area contributed by atoms with Crippen molar-refractivity contribution in [1.29, 1.82) is 0 Å². The second kappa shape index (κ2) is 6.25. The van der Waals surface area contributed by atoms with Crippen LogP contribution in [0.5, 0.6) is 0 Å². The van der Waals surface area contributed by atoms with Crippen molar-refractivity contribution in [3.8, 4) is 0 Å². The van der Waals surface area contributed by atoms with Crippen molar-refractivity contribution in [3.05, 3.63) is 52.9 Å². The van der Waals surface area contributed by atoms with Crippen molar-refractivity contribution in [1.82, 2.24) is 25.3 Å². The number of nitrogens with one attached hydrogen (secondary N) is 2. The predicted molar refractivity (Wildman–Crippen MR) is 94.8 cm³/mol. The van der Waals surface area contributed by atoms with E-state index in [9.17, 15) is 4.79 Å². The van der Waals surface area contributed by atoms with Crippen molar-refractivity contribution in [2.45, 2.75) is 25.3 Å². The summed E-state index contributed by atoms with van der Waals surface area (Å²) in [7, 11) is 4.21. The molecular formula is C18H20N6O. The van der Waals surface area contributed by atoms with Gasteiger partial charge in [-0.15, -0.1) is 0 Å². The van der Waals surface area contributed by atoms with Crippen molar-refractivity contribution in [2.24, 2.45) is 5.10 Å². The van der Waals surface area contributed by atoms with Crippen LogP contribution < -0.4 is 5.43 Å². The monoisotopic (exact) mass is 336 g/mol. The van der Waals surface area contributed by atoms with Gasteiger partial charge < -0.3 is 9.88 Å². The first-order valence-electron chi connectivity index (χ1n) is 8.37. The maximum atomic E-state index is 12.2. The molecule has 25 heavy (non-hydrogen) atoms. The van der Waals surface area contributed by atoms with E-state index in [1.165, 1.54) is 24.0 Å². The van der Waals surface area contributed by atoms with Crippen LogP contribution in [0.3, 0.4) is 0 Å². The molecule has 0 radical (unpaired) electrons. The van der Waals surface area contributed by atoms with Crippen LogP contribution in [0.4, 0.5) is 0 Å². The Morgan fingerprint density at radius 1 is 1.28 bits per heavy atom. The number of nitrogens with zero attached hydrogens (tertiary/aromatic N) is 4. The predicted octanol–water partition coefficient (Wildman–Crippen LogP) is 1.66. The van der Waals surface area contributed by atoms with Crippen LogP contribution >= 0.6 is 0 Å². The van der Waals surface area contributed by atoms with E-state index in [0.717, 1.165) is 24.1 Å². The van der Waals surface area contributed by atoms with Gasteiger partial charge in [-0.05, 0) is 51.1 Å². The van der Waals surface area contributed by atoms with E-state index in [1.54, 1.807) is 12.4 Å². The summed E-state index contributed by atoms with van der Waals surface area (Å²) in [5.41, 5.74) is 7.85. The number of aryl methyl sites for hydroxylation is 1. The minimum atomic E-state index is -0.212. The van der Waals surface area contributed by atoms with Gasteiger partial charge in [0.05, 0.1) is 5.57 Å². The molecule has 0 fully saturated rings. The summed E-state index contributed by atoms with van der Waals surface area (Å²) in [4.78, 5) is 26.0. The number of fused-ring (bicyclic) bond motifs is 1. The van der Waals surface area contributed by atoms with Gasteiger partial charge in [-0.3, -0.25) is 4.79 Å². The Labute approximate surface area is 145 Å². The molecular weight excluding hydrogens is 316 g/mol. The Morgan fingerprint density at radius 2 is 2.08 bits per heavy atom. The quantitative estimate of drug-likeness (QED) is 0.835. The summed E-state index contributed by atoms with van der Waals surface area (Å²) in [6.45, 7) is 0. The summed E-state index contributed by atoms with van der Waals surface area (Å²) in [6, 6.07) is 2.57. The summed E-state index contributed by atoms with van der Waals surface area (Å²) in [5.74, 6) is -0.212. The highest BCUT2D eigenvalue weighted by Crippen LogP contribution is 2.34. The van der Waals surface area contributed by atoms with Crippen molar-refractivity contribution >= 4 is 17.7 Å². The Bertz CT molecular complexity index is 865. The molecule has 0 saturated carbocycles. The number of H-pyrrole nitrogens is 1. The lowest BCUT2D eigenvalue weighted by molar-refractivity contribution is -0.116. The number of carbonyl (C=O) groups excluding carboxylic acids is 1. The maximum absolute atomic E-state index is 12.2. The van der Waals surface area contributed by atoms with Crippen LogP contribution in [0.25, 0.3) is 6.08 Å². The SMILES string of the molecule is CN(C)C1CCCc2[nH]c(/C=C3\C(=O)NN=C3c3cncnc3)cc21. The second-order valence-electron chi connectivity index (χ2n) is 6.62. The smallest absolute Gasteiger partial charge is 0.273 e. The molecule has 1 amide bonds. The molecule has 1 aliphatic heterocycles. The average Bonchev–Trinajstić information content (AvgIpc) is 3.19. The largest absolute Gasteiger partial charge is 0.359 e. The number of hydrogen-bond donors (Lipinski definition) is 2. The van der Waals surface area contributed by atoms with Gasteiger partial charge in [0.15, 0.2) is 0 Å². The van der Waals surface area contributed by atoms with E-state index in [1.807, 2.05) is 6.08 Å². The van der Waals surface area contributed by atoms with E-state index < -0.39 is 0 Å². The molecule has 7 nitrogen and oxygen atoms in total. The number of hydrogen-bond acceptors (Lipinski definition) is 5. The number of aromatic nitrogens is 3.